The zero-order valence-electron chi connectivity index (χ0n) is 19.0. The highest BCUT2D eigenvalue weighted by atomic mass is 127. The molecule has 1 saturated carbocycles. The van der Waals surface area contributed by atoms with Crippen LogP contribution in [0.15, 0.2) is 23.2 Å². The Labute approximate surface area is 199 Å². The molecule has 2 N–H and O–H groups in total. The summed E-state index contributed by atoms with van der Waals surface area (Å²) in [5.41, 5.74) is 2.08. The van der Waals surface area contributed by atoms with Crippen molar-refractivity contribution in [3.63, 3.8) is 0 Å². The maximum atomic E-state index is 11.7. The van der Waals surface area contributed by atoms with Crippen molar-refractivity contribution in [2.45, 2.75) is 53.5 Å². The van der Waals surface area contributed by atoms with Crippen LogP contribution in [0.1, 0.15) is 51.2 Å². The van der Waals surface area contributed by atoms with Crippen LogP contribution in [0, 0.1) is 18.3 Å². The molecule has 0 aromatic heterocycles. The highest BCUT2D eigenvalue weighted by Gasteiger charge is 2.45. The highest BCUT2D eigenvalue weighted by Crippen LogP contribution is 2.46. The van der Waals surface area contributed by atoms with E-state index in [0.29, 0.717) is 31.6 Å². The number of hydrogen-bond acceptors (Lipinski definition) is 4. The van der Waals surface area contributed by atoms with Crippen LogP contribution in [-0.2, 0) is 16.4 Å². The van der Waals surface area contributed by atoms with E-state index < -0.39 is 9.84 Å². The summed E-state index contributed by atoms with van der Waals surface area (Å²) in [6.07, 6.45) is 4.21. The Bertz CT molecular complexity index is 806. The minimum atomic E-state index is -2.98. The van der Waals surface area contributed by atoms with Crippen LogP contribution < -0.4 is 15.4 Å². The van der Waals surface area contributed by atoms with Crippen LogP contribution in [0.2, 0.25) is 0 Å². The Hall–Kier alpha value is -1.03. The quantitative estimate of drug-likeness (QED) is 0.248. The van der Waals surface area contributed by atoms with Gasteiger partial charge in [-0.1, -0.05) is 26.0 Å². The second kappa shape index (κ2) is 12.1. The molecule has 0 spiro atoms. The van der Waals surface area contributed by atoms with E-state index in [2.05, 4.69) is 49.6 Å². The number of nitrogens with zero attached hydrogens (tertiary/aromatic N) is 1. The smallest absolute Gasteiger partial charge is 0.191 e. The Morgan fingerprint density at radius 3 is 2.53 bits per heavy atom. The third-order valence-corrected chi connectivity index (χ3v) is 6.22. The summed E-state index contributed by atoms with van der Waals surface area (Å²) in [6, 6.07) is 6.21. The second-order valence-corrected chi connectivity index (χ2v) is 10.9. The molecule has 1 aliphatic rings. The molecule has 0 amide bonds. The largest absolute Gasteiger partial charge is 0.493 e. The molecule has 0 aliphatic heterocycles. The number of halogens is 1. The van der Waals surface area contributed by atoms with E-state index in [1.807, 2.05) is 6.92 Å². The SMILES string of the molecule is CCNC(=NCc1ccc(C)cc1OCCC(C)C)NCC1(CS(C)(=O)=O)CC1.I. The van der Waals surface area contributed by atoms with Gasteiger partial charge in [0.25, 0.3) is 0 Å². The first-order valence-electron chi connectivity index (χ1n) is 10.5. The molecule has 8 heteroatoms. The minimum Gasteiger partial charge on any atom is -0.493 e. The normalized spacial score (nSPS) is 15.5. The van der Waals surface area contributed by atoms with E-state index in [-0.39, 0.29) is 35.1 Å². The van der Waals surface area contributed by atoms with Crippen LogP contribution in [0.4, 0.5) is 0 Å². The van der Waals surface area contributed by atoms with Gasteiger partial charge >= 0.3 is 0 Å². The molecule has 172 valence electrons. The van der Waals surface area contributed by atoms with Gasteiger partial charge in [-0.25, -0.2) is 13.4 Å². The Morgan fingerprint density at radius 1 is 1.27 bits per heavy atom. The highest BCUT2D eigenvalue weighted by molar-refractivity contribution is 14.0. The summed E-state index contributed by atoms with van der Waals surface area (Å²) < 4.78 is 29.4. The van der Waals surface area contributed by atoms with Crippen molar-refractivity contribution >= 4 is 39.8 Å². The molecule has 0 bridgehead atoms. The van der Waals surface area contributed by atoms with Gasteiger partial charge in [-0.3, -0.25) is 0 Å². The van der Waals surface area contributed by atoms with Crippen molar-refractivity contribution in [3.05, 3.63) is 29.3 Å². The topological polar surface area (TPSA) is 79.8 Å². The first kappa shape index (κ1) is 27.0. The fraction of sp³-hybridized carbons (Fsp3) is 0.682. The van der Waals surface area contributed by atoms with Crippen molar-refractivity contribution in [2.75, 3.05) is 31.7 Å². The molecule has 0 radical (unpaired) electrons. The van der Waals surface area contributed by atoms with Crippen LogP contribution in [0.5, 0.6) is 5.75 Å². The lowest BCUT2D eigenvalue weighted by atomic mass is 10.1. The number of rotatable bonds is 11. The number of aliphatic imine (C=N–C) groups is 1. The number of ether oxygens (including phenoxy) is 1. The summed E-state index contributed by atoms with van der Waals surface area (Å²) in [5.74, 6) is 2.44. The predicted octanol–water partition coefficient (Wildman–Crippen LogP) is 3.92. The number of aryl methyl sites for hydroxylation is 1. The van der Waals surface area contributed by atoms with Gasteiger partial charge < -0.3 is 15.4 Å². The third-order valence-electron chi connectivity index (χ3n) is 5.08. The summed E-state index contributed by atoms with van der Waals surface area (Å²) >= 11 is 0. The lowest BCUT2D eigenvalue weighted by Crippen LogP contribution is -2.41. The van der Waals surface area contributed by atoms with E-state index in [1.165, 1.54) is 11.8 Å². The van der Waals surface area contributed by atoms with E-state index in [9.17, 15) is 8.42 Å². The van der Waals surface area contributed by atoms with E-state index in [1.54, 1.807) is 0 Å². The maximum absolute atomic E-state index is 11.7. The van der Waals surface area contributed by atoms with Crippen molar-refractivity contribution in [2.24, 2.45) is 16.3 Å². The van der Waals surface area contributed by atoms with Crippen molar-refractivity contribution in [1.82, 2.24) is 10.6 Å². The maximum Gasteiger partial charge on any atom is 0.191 e. The fourth-order valence-electron chi connectivity index (χ4n) is 3.21. The molecule has 1 aliphatic carbocycles. The molecule has 1 aromatic carbocycles. The van der Waals surface area contributed by atoms with Gasteiger partial charge in [-0.15, -0.1) is 24.0 Å². The summed E-state index contributed by atoms with van der Waals surface area (Å²) in [5, 5.41) is 6.59. The molecule has 6 nitrogen and oxygen atoms in total. The zero-order chi connectivity index (χ0) is 21.5. The molecular formula is C22H38IN3O3S. The van der Waals surface area contributed by atoms with Crippen molar-refractivity contribution in [1.29, 1.82) is 0 Å². The van der Waals surface area contributed by atoms with Gasteiger partial charge in [0.2, 0.25) is 0 Å². The second-order valence-electron chi connectivity index (χ2n) is 8.76. The monoisotopic (exact) mass is 551 g/mol. The fourth-order valence-corrected chi connectivity index (χ4v) is 4.72. The van der Waals surface area contributed by atoms with Crippen molar-refractivity contribution in [3.8, 4) is 5.75 Å². The molecule has 0 unspecified atom stereocenters. The number of benzene rings is 1. The molecule has 1 fully saturated rings. The number of nitrogens with one attached hydrogen (secondary N) is 2. The van der Waals surface area contributed by atoms with E-state index in [4.69, 9.17) is 9.73 Å². The third kappa shape index (κ3) is 9.85. The van der Waals surface area contributed by atoms with Gasteiger partial charge in [0.05, 0.1) is 18.9 Å². The molecule has 1 aromatic rings. The standard InChI is InChI=1S/C22H37N3O3S.HI/c1-6-23-21(25-15-22(10-11-22)16-29(5,26)27)24-14-19-8-7-18(4)13-20(19)28-12-9-17(2)3;/h7-8,13,17H,6,9-12,14-16H2,1-5H3,(H2,23,24,25);1H. The molecule has 2 rings (SSSR count). The van der Waals surface area contributed by atoms with Crippen molar-refractivity contribution < 1.29 is 13.2 Å². The van der Waals surface area contributed by atoms with Crippen LogP contribution in [0.3, 0.4) is 0 Å². The van der Waals surface area contributed by atoms with Gasteiger partial charge in [0.15, 0.2) is 5.96 Å². The minimum absolute atomic E-state index is 0. The summed E-state index contributed by atoms with van der Waals surface area (Å²) in [7, 11) is -2.98. The summed E-state index contributed by atoms with van der Waals surface area (Å²) in [4.78, 5) is 4.71. The first-order valence-corrected chi connectivity index (χ1v) is 12.6. The molecule has 0 heterocycles. The van der Waals surface area contributed by atoms with Gasteiger partial charge in [-0.05, 0) is 50.7 Å². The number of guanidine groups is 1. The summed E-state index contributed by atoms with van der Waals surface area (Å²) in [6.45, 7) is 11.0. The Balaban J connectivity index is 0.00000450. The molecule has 0 saturated heterocycles. The first-order chi connectivity index (χ1) is 13.6. The molecule has 0 atom stereocenters. The number of sulfone groups is 1. The van der Waals surface area contributed by atoms with Gasteiger partial charge in [0, 0.05) is 30.3 Å². The lowest BCUT2D eigenvalue weighted by Gasteiger charge is -2.18. The zero-order valence-corrected chi connectivity index (χ0v) is 22.1. The van der Waals surface area contributed by atoms with Crippen LogP contribution >= 0.6 is 24.0 Å². The van der Waals surface area contributed by atoms with Crippen LogP contribution in [0.25, 0.3) is 0 Å². The molecule has 30 heavy (non-hydrogen) atoms. The van der Waals surface area contributed by atoms with Gasteiger partial charge in [0.1, 0.15) is 15.6 Å². The number of hydrogen-bond donors (Lipinski definition) is 2. The predicted molar refractivity (Wildman–Crippen MR) is 136 cm³/mol. The van der Waals surface area contributed by atoms with E-state index >= 15 is 0 Å². The average molecular weight is 552 g/mol. The Morgan fingerprint density at radius 2 is 1.97 bits per heavy atom. The van der Waals surface area contributed by atoms with E-state index in [0.717, 1.165) is 37.1 Å². The Kier molecular flexibility index (Phi) is 10.9. The van der Waals surface area contributed by atoms with Crippen LogP contribution in [-0.4, -0.2) is 46.1 Å². The average Bonchev–Trinajstić information content (AvgIpc) is 3.36. The van der Waals surface area contributed by atoms with Gasteiger partial charge in [-0.2, -0.15) is 0 Å². The molecular weight excluding hydrogens is 513 g/mol. The lowest BCUT2D eigenvalue weighted by molar-refractivity contribution is 0.287.